The zero-order chi connectivity index (χ0) is 32.0. The molecule has 2 heteroatoms. The monoisotopic (exact) mass is 621 g/mol. The predicted molar refractivity (Wildman–Crippen MR) is 198 cm³/mol. The van der Waals surface area contributed by atoms with Gasteiger partial charge in [0.1, 0.15) is 0 Å². The minimum atomic E-state index is 0.0548. The summed E-state index contributed by atoms with van der Waals surface area (Å²) in [6.45, 7) is 7.54. The summed E-state index contributed by atoms with van der Waals surface area (Å²) in [6.07, 6.45) is 48.6. The summed E-state index contributed by atoms with van der Waals surface area (Å²) < 4.78 is 5.84. The van der Waals surface area contributed by atoms with Crippen LogP contribution in [0.2, 0.25) is 0 Å². The fourth-order valence-electron chi connectivity index (χ4n) is 6.72. The lowest BCUT2D eigenvalue weighted by molar-refractivity contribution is -0.145. The number of hydrogen-bond donors (Lipinski definition) is 0. The van der Waals surface area contributed by atoms with E-state index in [1.54, 1.807) is 0 Å². The zero-order valence-electron chi connectivity index (χ0n) is 31.1. The van der Waals surface area contributed by atoms with Gasteiger partial charge in [-0.3, -0.25) is 4.79 Å². The van der Waals surface area contributed by atoms with Gasteiger partial charge >= 0.3 is 5.97 Å². The Hall–Kier alpha value is -0.530. The van der Waals surface area contributed by atoms with Crippen molar-refractivity contribution in [1.82, 2.24) is 0 Å². The van der Waals surface area contributed by atoms with Crippen LogP contribution in [0.25, 0.3) is 0 Å². The molecule has 0 saturated heterocycles. The Balaban J connectivity index is 4.01. The molecule has 0 aliphatic carbocycles. The highest BCUT2D eigenvalue weighted by Gasteiger charge is 2.12. The van der Waals surface area contributed by atoms with Gasteiger partial charge in [0.05, 0.1) is 6.61 Å². The van der Waals surface area contributed by atoms with Gasteiger partial charge in [0.2, 0.25) is 0 Å². The summed E-state index contributed by atoms with van der Waals surface area (Å²) >= 11 is 0. The van der Waals surface area contributed by atoms with E-state index in [0.29, 0.717) is 18.9 Å². The van der Waals surface area contributed by atoms with Crippen LogP contribution in [0.4, 0.5) is 0 Å². The van der Waals surface area contributed by atoms with E-state index in [2.05, 4.69) is 20.8 Å². The molecule has 0 radical (unpaired) electrons. The number of carbonyl (C=O) groups is 1. The molecule has 44 heavy (non-hydrogen) atoms. The van der Waals surface area contributed by atoms with E-state index < -0.39 is 0 Å². The van der Waals surface area contributed by atoms with Crippen molar-refractivity contribution in [2.45, 2.75) is 252 Å². The maximum absolute atomic E-state index is 12.4. The molecule has 0 N–H and O–H groups in total. The summed E-state index contributed by atoms with van der Waals surface area (Å²) in [7, 11) is 0. The molecule has 0 aromatic carbocycles. The Morgan fingerprint density at radius 3 is 0.909 bits per heavy atom. The number of esters is 1. The topological polar surface area (TPSA) is 26.3 Å². The minimum Gasteiger partial charge on any atom is -0.465 e. The molecule has 0 fully saturated rings. The van der Waals surface area contributed by atoms with Crippen molar-refractivity contribution in [3.8, 4) is 0 Å². The van der Waals surface area contributed by atoms with Crippen molar-refractivity contribution in [3.63, 3.8) is 0 Å². The Morgan fingerprint density at radius 1 is 0.364 bits per heavy atom. The second kappa shape index (κ2) is 38.7. The molecule has 0 bridgehead atoms. The molecule has 0 spiro atoms. The molecule has 0 aromatic rings. The highest BCUT2D eigenvalue weighted by atomic mass is 16.5. The van der Waals surface area contributed by atoms with Gasteiger partial charge in [0, 0.05) is 6.42 Å². The normalized spacial score (nSPS) is 12.2. The van der Waals surface area contributed by atoms with Crippen LogP contribution in [0.3, 0.4) is 0 Å². The molecule has 0 saturated carbocycles. The Kier molecular flexibility index (Phi) is 38.2. The Bertz CT molecular complexity index is 530. The molecule has 0 amide bonds. The van der Waals surface area contributed by atoms with Gasteiger partial charge in [0.15, 0.2) is 0 Å². The van der Waals surface area contributed by atoms with Gasteiger partial charge in [-0.25, -0.2) is 0 Å². The van der Waals surface area contributed by atoms with E-state index in [4.69, 9.17) is 4.74 Å². The fraction of sp³-hybridized carbons (Fsp3) is 0.976. The van der Waals surface area contributed by atoms with Crippen molar-refractivity contribution in [3.05, 3.63) is 0 Å². The van der Waals surface area contributed by atoms with Crippen LogP contribution in [-0.2, 0) is 9.53 Å². The van der Waals surface area contributed by atoms with Crippen molar-refractivity contribution < 1.29 is 9.53 Å². The van der Waals surface area contributed by atoms with Crippen LogP contribution in [-0.4, -0.2) is 12.6 Å². The molecule has 2 nitrogen and oxygen atoms in total. The molecule has 0 rings (SSSR count). The lowest BCUT2D eigenvalue weighted by Gasteiger charge is -2.17. The number of unbranched alkanes of at least 4 members (excludes halogenated alkanes) is 30. The average molecular weight is 621 g/mol. The standard InChI is InChI=1S/C42H84O2/c1-4-7-10-13-16-18-20-22-23-25-27-30-32-35-38-41(40-44-42(43)39-36-33-28-15-12-9-6-3)37-34-31-29-26-24-21-19-17-14-11-8-5-2/h41H,4-40H2,1-3H3. The Morgan fingerprint density at radius 2 is 0.614 bits per heavy atom. The minimum absolute atomic E-state index is 0.0548. The first-order valence-electron chi connectivity index (χ1n) is 20.9. The second-order valence-electron chi connectivity index (χ2n) is 14.5. The van der Waals surface area contributed by atoms with E-state index in [-0.39, 0.29) is 5.97 Å². The fourth-order valence-corrected chi connectivity index (χ4v) is 6.72. The van der Waals surface area contributed by atoms with Crippen LogP contribution in [0, 0.1) is 5.92 Å². The van der Waals surface area contributed by atoms with Crippen molar-refractivity contribution in [1.29, 1.82) is 0 Å². The number of ether oxygens (including phenoxy) is 1. The van der Waals surface area contributed by atoms with Crippen LogP contribution in [0.5, 0.6) is 0 Å². The molecule has 0 aliphatic rings. The summed E-state index contributed by atoms with van der Waals surface area (Å²) in [5, 5.41) is 0. The SMILES string of the molecule is CCCCCCCCCCCCCCCCC(CCCCCCCCCCCCCC)COC(=O)CCCCCCCCC. The highest BCUT2D eigenvalue weighted by Crippen LogP contribution is 2.21. The van der Waals surface area contributed by atoms with Crippen LogP contribution < -0.4 is 0 Å². The van der Waals surface area contributed by atoms with E-state index >= 15 is 0 Å². The third kappa shape index (κ3) is 35.9. The van der Waals surface area contributed by atoms with Gasteiger partial charge in [-0.1, -0.05) is 226 Å². The molecule has 0 aliphatic heterocycles. The van der Waals surface area contributed by atoms with Crippen LogP contribution in [0.1, 0.15) is 252 Å². The average Bonchev–Trinajstić information content (AvgIpc) is 3.03. The first-order valence-corrected chi connectivity index (χ1v) is 20.9. The van der Waals surface area contributed by atoms with Crippen LogP contribution in [0.15, 0.2) is 0 Å². The largest absolute Gasteiger partial charge is 0.465 e. The van der Waals surface area contributed by atoms with Crippen molar-refractivity contribution >= 4 is 5.97 Å². The third-order valence-electron chi connectivity index (χ3n) is 9.90. The first kappa shape index (κ1) is 43.5. The van der Waals surface area contributed by atoms with Gasteiger partial charge < -0.3 is 4.74 Å². The van der Waals surface area contributed by atoms with Gasteiger partial charge in [-0.15, -0.1) is 0 Å². The number of hydrogen-bond acceptors (Lipinski definition) is 2. The molecule has 1 atom stereocenters. The van der Waals surface area contributed by atoms with E-state index in [1.165, 1.54) is 218 Å². The summed E-state index contributed by atoms with van der Waals surface area (Å²) in [5.41, 5.74) is 0. The lowest BCUT2D eigenvalue weighted by Crippen LogP contribution is -2.14. The predicted octanol–water partition coefficient (Wildman–Crippen LogP) is 15.2. The van der Waals surface area contributed by atoms with Gasteiger partial charge in [0.25, 0.3) is 0 Å². The van der Waals surface area contributed by atoms with E-state index in [9.17, 15) is 4.79 Å². The Labute approximate surface area is 279 Å². The van der Waals surface area contributed by atoms with E-state index in [0.717, 1.165) is 6.42 Å². The number of rotatable bonds is 38. The molecule has 0 aromatic heterocycles. The molecular formula is C42H84O2. The van der Waals surface area contributed by atoms with E-state index in [1.807, 2.05) is 0 Å². The summed E-state index contributed by atoms with van der Waals surface area (Å²) in [5.74, 6) is 0.632. The van der Waals surface area contributed by atoms with Crippen molar-refractivity contribution in [2.24, 2.45) is 5.92 Å². The summed E-state index contributed by atoms with van der Waals surface area (Å²) in [4.78, 5) is 12.4. The van der Waals surface area contributed by atoms with Gasteiger partial charge in [-0.2, -0.15) is 0 Å². The lowest BCUT2D eigenvalue weighted by atomic mass is 9.94. The van der Waals surface area contributed by atoms with Crippen molar-refractivity contribution in [2.75, 3.05) is 6.61 Å². The molecule has 1 unspecified atom stereocenters. The maximum atomic E-state index is 12.4. The maximum Gasteiger partial charge on any atom is 0.305 e. The molecule has 0 heterocycles. The molecular weight excluding hydrogens is 536 g/mol. The smallest absolute Gasteiger partial charge is 0.305 e. The zero-order valence-corrected chi connectivity index (χ0v) is 31.1. The summed E-state index contributed by atoms with van der Waals surface area (Å²) in [6, 6.07) is 0. The van der Waals surface area contributed by atoms with Crippen LogP contribution >= 0.6 is 0 Å². The quantitative estimate of drug-likeness (QED) is 0.0507. The number of carbonyl (C=O) groups excluding carboxylic acids is 1. The second-order valence-corrected chi connectivity index (χ2v) is 14.5. The first-order chi connectivity index (χ1) is 21.7. The van der Waals surface area contributed by atoms with Gasteiger partial charge in [-0.05, 0) is 25.2 Å². The highest BCUT2D eigenvalue weighted by molar-refractivity contribution is 5.69. The third-order valence-corrected chi connectivity index (χ3v) is 9.90. The molecule has 264 valence electrons.